The van der Waals surface area contributed by atoms with Crippen LogP contribution >= 0.6 is 34.0 Å². The first-order chi connectivity index (χ1) is 36.2. The van der Waals surface area contributed by atoms with Gasteiger partial charge in [0.25, 0.3) is 13.4 Å². The van der Waals surface area contributed by atoms with Crippen molar-refractivity contribution in [3.05, 3.63) is 231 Å². The number of nitrogens with zero attached hydrogens (tertiary/aromatic N) is 4. The number of hydrogen-bond donors (Lipinski definition) is 0. The second-order valence-corrected chi connectivity index (χ2v) is 22.8. The Kier molecular flexibility index (Phi) is 8.34. The minimum absolute atomic E-state index is 0.0408. The van der Waals surface area contributed by atoms with E-state index in [-0.39, 0.29) is 13.4 Å². The molecule has 0 saturated heterocycles. The van der Waals surface area contributed by atoms with Crippen LogP contribution in [0.5, 0.6) is 0 Å². The van der Waals surface area contributed by atoms with Gasteiger partial charge in [-0.25, -0.2) is 0 Å². The highest BCUT2D eigenvalue weighted by Gasteiger charge is 2.47. The van der Waals surface area contributed by atoms with Crippen LogP contribution in [0.1, 0.15) is 0 Å². The molecule has 7 heterocycles. The predicted octanol–water partition coefficient (Wildman–Crippen LogP) is 14.6. The fraction of sp³-hybridized carbons (Fsp3) is 0. The summed E-state index contributed by atoms with van der Waals surface area (Å²) < 4.78 is 8.03. The lowest BCUT2D eigenvalue weighted by Crippen LogP contribution is -2.60. The van der Waals surface area contributed by atoms with E-state index in [4.69, 9.17) is 0 Å². The summed E-state index contributed by atoms with van der Waals surface area (Å²) in [5, 5.41) is 5.17. The summed E-state index contributed by atoms with van der Waals surface area (Å²) in [4.78, 5) is 10.2. The number of rotatable bonds is 4. The van der Waals surface area contributed by atoms with E-state index in [0.717, 1.165) is 11.4 Å². The SMILES string of the molecule is c1ccc(N2c3cc4c(cc3B3c5sc6ccccc6c5N(c5ccccc5)c5cccc2c53)sc2cc3c(cc24)N(c2ccccc2)c2cccc4c2B3c2sc3ccccc3c2N4c2ccccc2)cc1. The summed E-state index contributed by atoms with van der Waals surface area (Å²) in [5.74, 6) is 0. The van der Waals surface area contributed by atoms with Crippen molar-refractivity contribution in [1.82, 2.24) is 0 Å². The van der Waals surface area contributed by atoms with Crippen LogP contribution in [0, 0.1) is 0 Å². The molecular weight excluding hydrogens is 943 g/mol. The van der Waals surface area contributed by atoms with Crippen LogP contribution in [0.4, 0.5) is 68.2 Å². The van der Waals surface area contributed by atoms with Crippen LogP contribution in [-0.2, 0) is 0 Å². The van der Waals surface area contributed by atoms with E-state index in [9.17, 15) is 0 Å². The quantitative estimate of drug-likeness (QED) is 0.163. The maximum Gasteiger partial charge on any atom is 0.264 e. The Morgan fingerprint density at radius 3 is 1.00 bits per heavy atom. The van der Waals surface area contributed by atoms with E-state index in [1.54, 1.807) is 0 Å². The van der Waals surface area contributed by atoms with E-state index >= 15 is 0 Å². The molecule has 4 nitrogen and oxygen atoms in total. The minimum atomic E-state index is 0.0408. The van der Waals surface area contributed by atoms with E-state index < -0.39 is 0 Å². The van der Waals surface area contributed by atoms with Crippen molar-refractivity contribution in [2.75, 3.05) is 19.6 Å². The zero-order valence-electron chi connectivity index (χ0n) is 39.1. The van der Waals surface area contributed by atoms with Gasteiger partial charge < -0.3 is 19.6 Å². The molecule has 4 aliphatic rings. The largest absolute Gasteiger partial charge is 0.311 e. The van der Waals surface area contributed by atoms with Gasteiger partial charge >= 0.3 is 0 Å². The second kappa shape index (κ2) is 15.1. The molecule has 0 amide bonds. The molecule has 0 radical (unpaired) electrons. The summed E-state index contributed by atoms with van der Waals surface area (Å²) in [6, 6.07) is 86.2. The third-order valence-corrected chi connectivity index (χ3v) is 19.3. The Bertz CT molecular complexity index is 4160. The minimum Gasteiger partial charge on any atom is -0.311 e. The lowest BCUT2D eigenvalue weighted by atomic mass is 9.36. The van der Waals surface area contributed by atoms with Crippen molar-refractivity contribution in [3.8, 4) is 0 Å². The molecule has 0 bridgehead atoms. The highest BCUT2D eigenvalue weighted by molar-refractivity contribution is 7.35. The molecule has 0 fully saturated rings. The van der Waals surface area contributed by atoms with Crippen LogP contribution < -0.4 is 51.0 Å². The molecule has 17 rings (SSSR count). The molecule has 0 N–H and O–H groups in total. The summed E-state index contributed by atoms with van der Waals surface area (Å²) >= 11 is 5.86. The van der Waals surface area contributed by atoms with Crippen LogP contribution in [0.25, 0.3) is 40.3 Å². The number of para-hydroxylation sites is 4. The van der Waals surface area contributed by atoms with E-state index in [2.05, 4.69) is 250 Å². The van der Waals surface area contributed by atoms with Crippen molar-refractivity contribution >= 4 is 187 Å². The summed E-state index contributed by atoms with van der Waals surface area (Å²) in [6.45, 7) is 0.0815. The van der Waals surface area contributed by atoms with E-state index in [1.165, 1.54) is 129 Å². The molecule has 3 aromatic heterocycles. The standard InChI is InChI=1S/C64H38B2N4S3/c1-5-19-39(20-6-1)67-49-29-17-31-51-59(49)65(63-61(43-27-13-15-33-55(43)72-63)69(51)41-23-9-3-10-24-41)47-37-57-45(35-53(47)67)46-36-54-48(38-58(46)71-57)66-60-50(68(54)40-21-7-2-8-22-40)30-18-32-52(60)70(42-25-11-4-12-26-42)62-44-28-14-16-34-56(44)73-64(62)66/h1-38H. The Hall–Kier alpha value is -8.33. The van der Waals surface area contributed by atoms with Crippen molar-refractivity contribution < 1.29 is 0 Å². The van der Waals surface area contributed by atoms with Gasteiger partial charge in [-0.3, -0.25) is 0 Å². The highest BCUT2D eigenvalue weighted by atomic mass is 32.1. The van der Waals surface area contributed by atoms with Crippen LogP contribution in [0.3, 0.4) is 0 Å². The average molecular weight is 981 g/mol. The Morgan fingerprint density at radius 1 is 0.260 bits per heavy atom. The topological polar surface area (TPSA) is 13.0 Å². The third kappa shape index (κ3) is 5.51. The first-order valence-electron chi connectivity index (χ1n) is 25.0. The van der Waals surface area contributed by atoms with Crippen molar-refractivity contribution in [2.24, 2.45) is 0 Å². The molecule has 0 unspecified atom stereocenters. The molecule has 10 aromatic carbocycles. The average Bonchev–Trinajstić information content (AvgIpc) is 4.15. The molecule has 13 aromatic rings. The number of anilines is 12. The van der Waals surface area contributed by atoms with Crippen LogP contribution in [0.15, 0.2) is 231 Å². The monoisotopic (exact) mass is 980 g/mol. The molecule has 0 spiro atoms. The van der Waals surface area contributed by atoms with E-state index in [1.807, 2.05) is 34.0 Å². The smallest absolute Gasteiger partial charge is 0.264 e. The number of hydrogen-bond acceptors (Lipinski definition) is 7. The lowest BCUT2D eigenvalue weighted by molar-refractivity contribution is 1.27. The number of fused-ring (bicyclic) bond motifs is 15. The Balaban J connectivity index is 0.947. The first-order valence-corrected chi connectivity index (χ1v) is 27.4. The molecule has 73 heavy (non-hydrogen) atoms. The third-order valence-electron chi connectivity index (χ3n) is 15.8. The molecule has 0 atom stereocenters. The maximum absolute atomic E-state index is 2.57. The molecule has 0 aliphatic carbocycles. The van der Waals surface area contributed by atoms with Gasteiger partial charge in [0.15, 0.2) is 0 Å². The Labute approximate surface area is 434 Å². The van der Waals surface area contributed by atoms with Crippen molar-refractivity contribution in [2.45, 2.75) is 0 Å². The fourth-order valence-corrected chi connectivity index (χ4v) is 16.7. The van der Waals surface area contributed by atoms with Gasteiger partial charge in [-0.15, -0.1) is 34.0 Å². The predicted molar refractivity (Wildman–Crippen MR) is 318 cm³/mol. The van der Waals surface area contributed by atoms with Gasteiger partial charge in [-0.1, -0.05) is 121 Å². The fourth-order valence-electron chi connectivity index (χ4n) is 12.9. The zero-order valence-corrected chi connectivity index (χ0v) is 41.6. The van der Waals surface area contributed by atoms with Gasteiger partial charge in [0.2, 0.25) is 0 Å². The van der Waals surface area contributed by atoms with Gasteiger partial charge in [-0.2, -0.15) is 0 Å². The second-order valence-electron chi connectivity index (χ2n) is 19.5. The zero-order chi connectivity index (χ0) is 47.5. The normalized spacial score (nSPS) is 13.9. The molecule has 338 valence electrons. The molecule has 9 heteroatoms. The summed E-state index contributed by atoms with van der Waals surface area (Å²) in [5.41, 5.74) is 20.0. The van der Waals surface area contributed by atoms with Crippen molar-refractivity contribution in [3.63, 3.8) is 0 Å². The van der Waals surface area contributed by atoms with Crippen LogP contribution in [0.2, 0.25) is 0 Å². The highest BCUT2D eigenvalue weighted by Crippen LogP contribution is 2.52. The molecular formula is C64H38B2N4S3. The van der Waals surface area contributed by atoms with Gasteiger partial charge in [0, 0.05) is 107 Å². The molecule has 4 aliphatic heterocycles. The van der Waals surface area contributed by atoms with Gasteiger partial charge in [0.1, 0.15) is 0 Å². The number of benzene rings is 10. The summed E-state index contributed by atoms with van der Waals surface area (Å²) in [7, 11) is 0. The Morgan fingerprint density at radius 2 is 0.603 bits per heavy atom. The lowest BCUT2D eigenvalue weighted by Gasteiger charge is -2.43. The summed E-state index contributed by atoms with van der Waals surface area (Å²) in [6.07, 6.45) is 0. The van der Waals surface area contributed by atoms with E-state index in [0.29, 0.717) is 0 Å². The number of thiophene rings is 3. The van der Waals surface area contributed by atoms with Crippen LogP contribution in [-0.4, -0.2) is 13.4 Å². The first kappa shape index (κ1) is 40.3. The van der Waals surface area contributed by atoms with Crippen molar-refractivity contribution in [1.29, 1.82) is 0 Å². The van der Waals surface area contributed by atoms with Gasteiger partial charge in [-0.05, 0) is 131 Å². The van der Waals surface area contributed by atoms with Gasteiger partial charge in [0.05, 0.1) is 11.4 Å². The molecule has 0 saturated carbocycles. The maximum atomic E-state index is 2.57.